The highest BCUT2D eigenvalue weighted by molar-refractivity contribution is 5.91. The van der Waals surface area contributed by atoms with E-state index in [9.17, 15) is 52.7 Å². The number of aliphatic carboxylic acids is 1. The quantitative estimate of drug-likeness (QED) is 0.0228. The average molecular weight is 1130 g/mol. The lowest BCUT2D eigenvalue weighted by Crippen LogP contribution is -2.66. The number of hydrogen-bond donors (Lipinski definition) is 15. The van der Waals surface area contributed by atoms with Gasteiger partial charge in [-0.1, -0.05) is 49.6 Å². The van der Waals surface area contributed by atoms with Crippen molar-refractivity contribution in [3.05, 3.63) is 35.9 Å². The molecular formula is C54H92N14O12. The molecule has 450 valence electrons. The van der Waals surface area contributed by atoms with Crippen LogP contribution >= 0.6 is 0 Å². The maximum atomic E-state index is 13.4. The molecule has 80 heavy (non-hydrogen) atoms. The van der Waals surface area contributed by atoms with E-state index in [2.05, 4.69) is 63.8 Å². The summed E-state index contributed by atoms with van der Waals surface area (Å²) in [7, 11) is 0. The number of nitrogens with one attached hydrogen (secondary N) is 12. The van der Waals surface area contributed by atoms with Gasteiger partial charge in [-0.2, -0.15) is 0 Å². The molecule has 1 aliphatic heterocycles. The summed E-state index contributed by atoms with van der Waals surface area (Å²) in [4.78, 5) is 134. The third-order valence-corrected chi connectivity index (χ3v) is 13.3. The third kappa shape index (κ3) is 32.7. The Labute approximate surface area is 470 Å². The first-order chi connectivity index (χ1) is 38.6. The van der Waals surface area contributed by atoms with Crippen LogP contribution in [0.3, 0.4) is 0 Å². The predicted molar refractivity (Wildman–Crippen MR) is 300 cm³/mol. The summed E-state index contributed by atoms with van der Waals surface area (Å²) in [5, 5.41) is 44.8. The lowest BCUT2D eigenvalue weighted by molar-refractivity contribution is -0.137. The average Bonchev–Trinajstić information content (AvgIpc) is 3.45. The van der Waals surface area contributed by atoms with Gasteiger partial charge in [-0.05, 0) is 56.9 Å². The molecule has 17 N–H and O–H groups in total. The van der Waals surface area contributed by atoms with E-state index < -0.39 is 47.0 Å². The monoisotopic (exact) mass is 1130 g/mol. The first-order valence-electron chi connectivity index (χ1n) is 28.2. The lowest BCUT2D eigenvalue weighted by atomic mass is 9.97. The van der Waals surface area contributed by atoms with Gasteiger partial charge >= 0.3 is 5.97 Å². The number of rotatable bonds is 40. The van der Waals surface area contributed by atoms with Gasteiger partial charge in [0.25, 0.3) is 0 Å². The molecule has 2 rings (SSSR count). The molecule has 0 aromatic heterocycles. The van der Waals surface area contributed by atoms with Gasteiger partial charge in [-0.25, -0.2) is 0 Å². The highest BCUT2D eigenvalue weighted by atomic mass is 16.4. The van der Waals surface area contributed by atoms with Crippen molar-refractivity contribution in [2.24, 2.45) is 11.5 Å². The van der Waals surface area contributed by atoms with Crippen LogP contribution in [0.25, 0.3) is 0 Å². The number of benzene rings is 1. The molecule has 0 aliphatic carbocycles. The fourth-order valence-electron chi connectivity index (χ4n) is 8.72. The van der Waals surface area contributed by atoms with Crippen LogP contribution in [0.5, 0.6) is 0 Å². The maximum Gasteiger partial charge on any atom is 0.303 e. The summed E-state index contributed by atoms with van der Waals surface area (Å²) >= 11 is 0. The van der Waals surface area contributed by atoms with E-state index in [1.807, 2.05) is 30.3 Å². The van der Waals surface area contributed by atoms with Crippen molar-refractivity contribution in [1.82, 2.24) is 63.8 Å². The number of amides is 7. The SMILES string of the molecule is NCC1(NC(=O)CCCC(=O)NCC=O)CNCCNCC(CN)(NC(=O)CCCC(=O)NC(Cc2ccccc2)C(=O)NCC(=O)NCCCCCCCC(=O)NCCCCC(C=O)N[C@H](C=O)CCC(=O)O)CNCCNC1. The second-order valence-electron chi connectivity index (χ2n) is 20.3. The van der Waals surface area contributed by atoms with Crippen LogP contribution in [0.4, 0.5) is 0 Å². The van der Waals surface area contributed by atoms with E-state index in [-0.39, 0.29) is 107 Å². The zero-order valence-corrected chi connectivity index (χ0v) is 46.6. The van der Waals surface area contributed by atoms with Gasteiger partial charge in [0.05, 0.1) is 36.3 Å². The minimum atomic E-state index is -1.02. The molecule has 1 aromatic carbocycles. The zero-order valence-electron chi connectivity index (χ0n) is 46.6. The molecule has 1 aromatic rings. The Hall–Kier alpha value is -6.29. The largest absolute Gasteiger partial charge is 0.481 e. The summed E-state index contributed by atoms with van der Waals surface area (Å²) in [5.74, 6) is -3.27. The molecule has 0 radical (unpaired) electrons. The number of unbranched alkanes of at least 4 members (excludes halogenated alkanes) is 5. The molecule has 3 atom stereocenters. The number of nitrogens with two attached hydrogens (primary N) is 2. The van der Waals surface area contributed by atoms with E-state index in [0.29, 0.717) is 129 Å². The van der Waals surface area contributed by atoms with E-state index in [1.54, 1.807) is 0 Å². The van der Waals surface area contributed by atoms with E-state index in [4.69, 9.17) is 16.6 Å². The summed E-state index contributed by atoms with van der Waals surface area (Å²) in [6, 6.07) is 6.87. The number of carbonyl (C=O) groups is 11. The van der Waals surface area contributed by atoms with Crippen LogP contribution in [-0.4, -0.2) is 192 Å². The van der Waals surface area contributed by atoms with Crippen LogP contribution in [0, 0.1) is 0 Å². The second kappa shape index (κ2) is 42.6. The highest BCUT2D eigenvalue weighted by Gasteiger charge is 2.32. The summed E-state index contributed by atoms with van der Waals surface area (Å²) in [5.41, 5.74) is 11.6. The number of carboxylic acid groups (broad SMARTS) is 1. The van der Waals surface area contributed by atoms with Crippen molar-refractivity contribution in [3.8, 4) is 0 Å². The summed E-state index contributed by atoms with van der Waals surface area (Å²) in [6.07, 6.45) is 8.76. The standard InChI is InChI=1S/C54H92N14O12/c55-35-53(67-48(75)19-11-17-46(73)63-29-30-69)37-57-25-27-59-39-54(36-56,40-60-28-26-58-38-53)68-49(76)20-12-18-47(74)66-44(31-41-13-5-4-6-14-41)52(80)64-32-50(77)62-23-9-3-1-2-7-16-45(72)61-24-10-8-15-42(33-70)65-43(34-71)21-22-51(78)79/h4-6,13-14,30,33-34,42-44,57-60,65H,1-3,7-12,15-29,31-32,35-40,55-56H2,(H,61,72)(H,62,77)(H,63,73)(H,64,80)(H,66,74)(H,67,75)(H,68,76)(H,78,79)/t42?,43-,44?,53?,54?/m0/s1. The van der Waals surface area contributed by atoms with Crippen molar-refractivity contribution in [1.29, 1.82) is 0 Å². The lowest BCUT2D eigenvalue weighted by Gasteiger charge is -2.36. The van der Waals surface area contributed by atoms with Crippen molar-refractivity contribution in [2.45, 2.75) is 145 Å². The molecule has 1 fully saturated rings. The molecule has 0 spiro atoms. The van der Waals surface area contributed by atoms with Gasteiger partial charge in [0, 0.05) is 123 Å². The minimum Gasteiger partial charge on any atom is -0.481 e. The van der Waals surface area contributed by atoms with Gasteiger partial charge in [-0.15, -0.1) is 0 Å². The first kappa shape index (κ1) is 69.8. The Morgan fingerprint density at radius 1 is 0.537 bits per heavy atom. The Bertz CT molecular complexity index is 2020. The number of carboxylic acids is 1. The molecule has 26 heteroatoms. The second-order valence-corrected chi connectivity index (χ2v) is 20.3. The van der Waals surface area contributed by atoms with Gasteiger partial charge in [0.2, 0.25) is 41.4 Å². The van der Waals surface area contributed by atoms with E-state index in [0.717, 1.165) is 24.8 Å². The minimum absolute atomic E-state index is 0.0200. The first-order valence-corrected chi connectivity index (χ1v) is 28.2. The van der Waals surface area contributed by atoms with Crippen LogP contribution in [0.15, 0.2) is 30.3 Å². The third-order valence-electron chi connectivity index (χ3n) is 13.3. The van der Waals surface area contributed by atoms with Crippen LogP contribution in [0.2, 0.25) is 0 Å². The number of hydrogen-bond acceptors (Lipinski definition) is 18. The fraction of sp³-hybridized carbons (Fsp3) is 0.685. The molecule has 26 nitrogen and oxygen atoms in total. The Kier molecular flexibility index (Phi) is 37.2. The number of carbonyl (C=O) groups excluding carboxylic acids is 10. The van der Waals surface area contributed by atoms with Crippen LogP contribution < -0.4 is 75.3 Å². The van der Waals surface area contributed by atoms with Gasteiger partial charge < -0.3 is 89.4 Å². The van der Waals surface area contributed by atoms with Crippen molar-refractivity contribution >= 4 is 66.2 Å². The van der Waals surface area contributed by atoms with Crippen LogP contribution in [0.1, 0.15) is 115 Å². The normalized spacial score (nSPS) is 18.1. The fourth-order valence-corrected chi connectivity index (χ4v) is 8.72. The van der Waals surface area contributed by atoms with Crippen molar-refractivity contribution in [2.75, 3.05) is 91.6 Å². The maximum absolute atomic E-state index is 13.4. The summed E-state index contributed by atoms with van der Waals surface area (Å²) < 4.78 is 0. The van der Waals surface area contributed by atoms with Gasteiger partial charge in [0.15, 0.2) is 0 Å². The summed E-state index contributed by atoms with van der Waals surface area (Å²) in [6.45, 7) is 4.16. The van der Waals surface area contributed by atoms with Gasteiger partial charge in [0.1, 0.15) is 24.9 Å². The van der Waals surface area contributed by atoms with Crippen LogP contribution in [-0.2, 0) is 59.2 Å². The highest BCUT2D eigenvalue weighted by Crippen LogP contribution is 2.10. The molecule has 2 unspecified atom stereocenters. The van der Waals surface area contributed by atoms with E-state index >= 15 is 0 Å². The molecule has 1 saturated heterocycles. The van der Waals surface area contributed by atoms with Gasteiger partial charge in [-0.3, -0.25) is 43.7 Å². The Balaban J connectivity index is 1.73. The topological polar surface area (TPSA) is 404 Å². The molecule has 1 heterocycles. The van der Waals surface area contributed by atoms with E-state index in [1.165, 1.54) is 0 Å². The zero-order chi connectivity index (χ0) is 58.7. The van der Waals surface area contributed by atoms with Crippen molar-refractivity contribution in [3.63, 3.8) is 0 Å². The smallest absolute Gasteiger partial charge is 0.303 e. The molecule has 0 saturated carbocycles. The molecular weight excluding hydrogens is 1040 g/mol. The Morgan fingerprint density at radius 2 is 1.01 bits per heavy atom. The Morgan fingerprint density at radius 3 is 1.55 bits per heavy atom. The number of aldehydes is 3. The van der Waals surface area contributed by atoms with Crippen molar-refractivity contribution < 1.29 is 57.8 Å². The molecule has 7 amide bonds. The molecule has 1 aliphatic rings. The molecule has 0 bridgehead atoms. The predicted octanol–water partition coefficient (Wildman–Crippen LogP) is -3.18.